The van der Waals surface area contributed by atoms with Gasteiger partial charge in [0, 0.05) is 20.1 Å². The van der Waals surface area contributed by atoms with Crippen LogP contribution in [-0.2, 0) is 11.3 Å². The number of carbonyl (C=O) groups is 2. The van der Waals surface area contributed by atoms with Gasteiger partial charge in [0.2, 0.25) is 0 Å². The molecule has 1 aromatic heterocycles. The predicted octanol–water partition coefficient (Wildman–Crippen LogP) is 3.14. The Morgan fingerprint density at radius 2 is 1.86 bits per heavy atom. The third-order valence-electron chi connectivity index (χ3n) is 5.73. The molecule has 2 heterocycles. The van der Waals surface area contributed by atoms with Crippen LogP contribution < -0.4 is 15.3 Å². The summed E-state index contributed by atoms with van der Waals surface area (Å²) in [6.07, 6.45) is 2.33. The van der Waals surface area contributed by atoms with Crippen molar-refractivity contribution in [2.24, 2.45) is 5.16 Å². The number of carbonyl (C=O) groups excluding carboxylic acids is 2. The maximum absolute atomic E-state index is 13.8. The second kappa shape index (κ2) is 11.8. The number of oxime groups is 1. The summed E-state index contributed by atoms with van der Waals surface area (Å²) >= 11 is 0. The number of piperidine rings is 1. The number of halogens is 1. The fourth-order valence-electron chi connectivity index (χ4n) is 3.84. The molecular formula is C25H32FN5O5. The van der Waals surface area contributed by atoms with Crippen LogP contribution in [0.3, 0.4) is 0 Å². The zero-order chi connectivity index (χ0) is 26.4. The Hall–Kier alpha value is -3.76. The lowest BCUT2D eigenvalue weighted by Crippen LogP contribution is -2.53. The Labute approximate surface area is 209 Å². The Morgan fingerprint density at radius 1 is 1.17 bits per heavy atom. The first-order valence-corrected chi connectivity index (χ1v) is 11.9. The number of methoxy groups -OCH3 is 1. The van der Waals surface area contributed by atoms with Crippen molar-refractivity contribution >= 4 is 17.5 Å². The first kappa shape index (κ1) is 26.8. The van der Waals surface area contributed by atoms with Crippen molar-refractivity contribution in [3.63, 3.8) is 0 Å². The highest BCUT2D eigenvalue weighted by molar-refractivity contribution is 6.01. The van der Waals surface area contributed by atoms with Crippen LogP contribution in [0.4, 0.5) is 9.18 Å². The lowest BCUT2D eigenvalue weighted by atomic mass is 10.0. The number of rotatable bonds is 8. The maximum atomic E-state index is 13.8. The van der Waals surface area contributed by atoms with E-state index >= 15 is 0 Å². The molecule has 0 unspecified atom stereocenters. The summed E-state index contributed by atoms with van der Waals surface area (Å²) in [6, 6.07) is 4.71. The van der Waals surface area contributed by atoms with E-state index in [0.717, 1.165) is 35.1 Å². The van der Waals surface area contributed by atoms with E-state index in [1.165, 1.54) is 32.4 Å². The van der Waals surface area contributed by atoms with Gasteiger partial charge in [-0.05, 0) is 64.3 Å². The minimum Gasteiger partial charge on any atom is -0.496 e. The zero-order valence-corrected chi connectivity index (χ0v) is 21.3. The second-order valence-corrected chi connectivity index (χ2v) is 8.87. The number of benzene rings is 1. The first-order chi connectivity index (χ1) is 17.1. The monoisotopic (exact) mass is 501 g/mol. The number of hydrogen-bond donors (Lipinski definition) is 0. The molecule has 2 amide bonds. The fourth-order valence-corrected chi connectivity index (χ4v) is 3.84. The van der Waals surface area contributed by atoms with Crippen LogP contribution in [0.5, 0.6) is 5.75 Å². The molecule has 0 atom stereocenters. The molecule has 3 rings (SSSR count). The van der Waals surface area contributed by atoms with Crippen molar-refractivity contribution in [3.8, 4) is 5.75 Å². The number of Topliss-reactive ketones (excluding diaryl/α,β-unsaturated/α-hetero) is 1. The topological polar surface area (TPSA) is 106 Å². The van der Waals surface area contributed by atoms with Crippen LogP contribution in [0.1, 0.15) is 61.6 Å². The summed E-state index contributed by atoms with van der Waals surface area (Å²) in [7, 11) is 2.84. The van der Waals surface area contributed by atoms with Crippen molar-refractivity contribution in [1.29, 1.82) is 0 Å². The van der Waals surface area contributed by atoms with E-state index < -0.39 is 17.2 Å². The van der Waals surface area contributed by atoms with E-state index in [1.807, 2.05) is 0 Å². The molecule has 2 aromatic rings. The third-order valence-corrected chi connectivity index (χ3v) is 5.73. The number of urea groups is 1. The Bertz CT molecular complexity index is 1200. The van der Waals surface area contributed by atoms with Gasteiger partial charge in [-0.15, -0.1) is 4.79 Å². The van der Waals surface area contributed by atoms with Gasteiger partial charge in [0.05, 0.1) is 36.1 Å². The van der Waals surface area contributed by atoms with E-state index in [0.29, 0.717) is 13.1 Å². The van der Waals surface area contributed by atoms with Gasteiger partial charge in [0.25, 0.3) is 5.56 Å². The normalized spacial score (nSPS) is 14.1. The summed E-state index contributed by atoms with van der Waals surface area (Å²) in [5.41, 5.74) is 0.0397. The van der Waals surface area contributed by atoms with Gasteiger partial charge in [-0.1, -0.05) is 5.16 Å². The minimum atomic E-state index is -0.587. The van der Waals surface area contributed by atoms with Gasteiger partial charge in [0.1, 0.15) is 17.7 Å². The van der Waals surface area contributed by atoms with Crippen molar-refractivity contribution in [2.45, 2.75) is 52.6 Å². The van der Waals surface area contributed by atoms with Crippen molar-refractivity contribution in [2.75, 3.05) is 32.3 Å². The molecular weight excluding hydrogens is 469 g/mol. The quantitative estimate of drug-likeness (QED) is 0.313. The number of hydrogen-bond acceptors (Lipinski definition) is 7. The summed E-state index contributed by atoms with van der Waals surface area (Å²) in [5.74, 6) is -0.832. The molecule has 0 spiro atoms. The molecule has 0 radical (unpaired) electrons. The van der Waals surface area contributed by atoms with E-state index in [4.69, 9.17) is 9.57 Å². The third kappa shape index (κ3) is 6.27. The van der Waals surface area contributed by atoms with E-state index in [-0.39, 0.29) is 46.8 Å². The SMILES string of the molecule is COc1ccc(F)cc1C(=O)Cc1cc(/C(C)=N/OC(C)C)c(=O)n(N(C)C(=O)N2CCCCC2)n1. The van der Waals surface area contributed by atoms with E-state index in [2.05, 4.69) is 10.3 Å². The molecule has 10 nitrogen and oxygen atoms in total. The summed E-state index contributed by atoms with van der Waals surface area (Å²) in [4.78, 5) is 47.4. The highest BCUT2D eigenvalue weighted by Gasteiger charge is 2.25. The number of amides is 2. The molecule has 1 fully saturated rings. The van der Waals surface area contributed by atoms with Gasteiger partial charge >= 0.3 is 6.03 Å². The average molecular weight is 502 g/mol. The zero-order valence-electron chi connectivity index (χ0n) is 21.3. The molecule has 0 N–H and O–H groups in total. The molecule has 1 aliphatic heterocycles. The van der Waals surface area contributed by atoms with Crippen LogP contribution in [0.2, 0.25) is 0 Å². The standard InChI is InChI=1S/C25H32FN5O5/c1-16(2)36-28-17(3)20-14-19(15-22(32)21-13-18(26)9-10-23(21)35-5)27-31(24(20)33)29(4)25(34)30-11-7-6-8-12-30/h9-10,13-14,16H,6-8,11-12,15H2,1-5H3/b28-17+. The Balaban J connectivity index is 2.03. The van der Waals surface area contributed by atoms with Gasteiger partial charge in [-0.3, -0.25) is 9.59 Å². The van der Waals surface area contributed by atoms with Gasteiger partial charge in [-0.2, -0.15) is 5.10 Å². The largest absolute Gasteiger partial charge is 0.496 e. The molecule has 36 heavy (non-hydrogen) atoms. The number of likely N-dealkylation sites (tertiary alicyclic amines) is 1. The van der Waals surface area contributed by atoms with Crippen LogP contribution in [-0.4, -0.2) is 65.7 Å². The average Bonchev–Trinajstić information content (AvgIpc) is 2.87. The van der Waals surface area contributed by atoms with Crippen molar-refractivity contribution in [1.82, 2.24) is 14.8 Å². The first-order valence-electron chi connectivity index (χ1n) is 11.9. The maximum Gasteiger partial charge on any atom is 0.340 e. The van der Waals surface area contributed by atoms with Crippen LogP contribution in [0, 0.1) is 5.82 Å². The smallest absolute Gasteiger partial charge is 0.340 e. The lowest BCUT2D eigenvalue weighted by Gasteiger charge is -2.31. The van der Waals surface area contributed by atoms with Crippen LogP contribution in [0.15, 0.2) is 34.2 Å². The van der Waals surface area contributed by atoms with E-state index in [9.17, 15) is 18.8 Å². The molecule has 1 aliphatic rings. The van der Waals surface area contributed by atoms with Crippen LogP contribution in [0.25, 0.3) is 0 Å². The molecule has 194 valence electrons. The van der Waals surface area contributed by atoms with Gasteiger partial charge in [0.15, 0.2) is 5.78 Å². The molecule has 1 saturated heterocycles. The summed E-state index contributed by atoms with van der Waals surface area (Å²) in [6.45, 7) is 6.36. The molecule has 11 heteroatoms. The molecule has 0 bridgehead atoms. The highest BCUT2D eigenvalue weighted by atomic mass is 19.1. The molecule has 0 aliphatic carbocycles. The highest BCUT2D eigenvalue weighted by Crippen LogP contribution is 2.21. The molecule has 0 saturated carbocycles. The number of ether oxygens (including phenoxy) is 1. The predicted molar refractivity (Wildman–Crippen MR) is 133 cm³/mol. The molecule has 1 aromatic carbocycles. The fraction of sp³-hybridized carbons (Fsp3) is 0.480. The Morgan fingerprint density at radius 3 is 2.50 bits per heavy atom. The van der Waals surface area contributed by atoms with Gasteiger partial charge < -0.3 is 14.5 Å². The number of nitrogens with zero attached hydrogens (tertiary/aromatic N) is 5. The second-order valence-electron chi connectivity index (χ2n) is 8.87. The van der Waals surface area contributed by atoms with Crippen molar-refractivity contribution in [3.05, 3.63) is 57.3 Å². The number of ketones is 1. The van der Waals surface area contributed by atoms with Crippen LogP contribution >= 0.6 is 0 Å². The van der Waals surface area contributed by atoms with E-state index in [1.54, 1.807) is 25.7 Å². The lowest BCUT2D eigenvalue weighted by molar-refractivity contribution is 0.0860. The summed E-state index contributed by atoms with van der Waals surface area (Å²) in [5, 5.41) is 9.45. The van der Waals surface area contributed by atoms with Crippen molar-refractivity contribution < 1.29 is 23.6 Å². The number of aromatic nitrogens is 2. The Kier molecular flexibility index (Phi) is 8.78. The summed E-state index contributed by atoms with van der Waals surface area (Å²) < 4.78 is 19.0. The minimum absolute atomic E-state index is 0.0462. The van der Waals surface area contributed by atoms with Gasteiger partial charge in [-0.25, -0.2) is 14.2 Å².